The Morgan fingerprint density at radius 3 is 2.21 bits per heavy atom. The lowest BCUT2D eigenvalue weighted by Gasteiger charge is -2.34. The molecule has 0 radical (unpaired) electrons. The van der Waals surface area contributed by atoms with Crippen molar-refractivity contribution < 1.29 is 9.53 Å². The first-order chi connectivity index (χ1) is 14.1. The Balaban J connectivity index is 1.48. The molecule has 0 spiro atoms. The highest BCUT2D eigenvalue weighted by atomic mass is 16.5. The summed E-state index contributed by atoms with van der Waals surface area (Å²) in [6.45, 7) is 6.97. The SMILES string of the molecule is CCCCC1CCC(OC(=O)c2ccc([C@@H]3CCC(CCC)C[C@H]3C)cc2)CC1. The molecule has 0 heterocycles. The Kier molecular flexibility index (Phi) is 8.63. The molecule has 2 aliphatic rings. The second-order valence-corrected chi connectivity index (χ2v) is 9.86. The van der Waals surface area contributed by atoms with Gasteiger partial charge in [-0.1, -0.05) is 65.0 Å². The molecule has 0 aromatic heterocycles. The van der Waals surface area contributed by atoms with Crippen LogP contribution in [0.25, 0.3) is 0 Å². The molecule has 0 N–H and O–H groups in total. The van der Waals surface area contributed by atoms with Gasteiger partial charge in [-0.15, -0.1) is 0 Å². The van der Waals surface area contributed by atoms with Crippen molar-refractivity contribution in [2.24, 2.45) is 17.8 Å². The van der Waals surface area contributed by atoms with Crippen LogP contribution in [0.5, 0.6) is 0 Å². The molecule has 2 aliphatic carbocycles. The second kappa shape index (κ2) is 11.2. The van der Waals surface area contributed by atoms with Gasteiger partial charge in [0, 0.05) is 0 Å². The normalized spacial score (nSPS) is 30.1. The van der Waals surface area contributed by atoms with E-state index in [0.29, 0.717) is 11.5 Å². The fourth-order valence-corrected chi connectivity index (χ4v) is 5.79. The van der Waals surface area contributed by atoms with E-state index in [9.17, 15) is 4.79 Å². The maximum absolute atomic E-state index is 12.6. The lowest BCUT2D eigenvalue weighted by Crippen LogP contribution is -2.24. The highest BCUT2D eigenvalue weighted by Crippen LogP contribution is 2.41. The molecule has 3 rings (SSSR count). The van der Waals surface area contributed by atoms with Gasteiger partial charge >= 0.3 is 5.97 Å². The molecular weight excluding hydrogens is 356 g/mol. The van der Waals surface area contributed by atoms with Crippen molar-refractivity contribution in [2.75, 3.05) is 0 Å². The summed E-state index contributed by atoms with van der Waals surface area (Å²) in [5, 5.41) is 0. The van der Waals surface area contributed by atoms with Crippen LogP contribution in [0.4, 0.5) is 0 Å². The summed E-state index contributed by atoms with van der Waals surface area (Å²) in [5.41, 5.74) is 2.12. The number of ether oxygens (including phenoxy) is 1. The second-order valence-electron chi connectivity index (χ2n) is 9.86. The fourth-order valence-electron chi connectivity index (χ4n) is 5.79. The summed E-state index contributed by atoms with van der Waals surface area (Å²) < 4.78 is 5.84. The molecular formula is C27H42O2. The largest absolute Gasteiger partial charge is 0.459 e. The molecule has 2 nitrogen and oxygen atoms in total. The van der Waals surface area contributed by atoms with Gasteiger partial charge in [-0.25, -0.2) is 4.79 Å². The van der Waals surface area contributed by atoms with Crippen LogP contribution >= 0.6 is 0 Å². The van der Waals surface area contributed by atoms with Crippen LogP contribution in [0.3, 0.4) is 0 Å². The van der Waals surface area contributed by atoms with Crippen molar-refractivity contribution >= 4 is 5.97 Å². The van der Waals surface area contributed by atoms with Crippen molar-refractivity contribution in [1.29, 1.82) is 0 Å². The van der Waals surface area contributed by atoms with Gasteiger partial charge in [0.05, 0.1) is 5.56 Å². The lowest BCUT2D eigenvalue weighted by molar-refractivity contribution is 0.0161. The Morgan fingerprint density at radius 1 is 0.897 bits per heavy atom. The third kappa shape index (κ3) is 6.33. The molecule has 0 saturated heterocycles. The number of esters is 1. The molecule has 162 valence electrons. The molecule has 3 atom stereocenters. The molecule has 29 heavy (non-hydrogen) atoms. The molecule has 0 amide bonds. The van der Waals surface area contributed by atoms with Crippen molar-refractivity contribution in [3.63, 3.8) is 0 Å². The molecule has 2 heteroatoms. The van der Waals surface area contributed by atoms with E-state index in [1.165, 1.54) is 69.8 Å². The van der Waals surface area contributed by atoms with Crippen LogP contribution in [0.2, 0.25) is 0 Å². The Bertz CT molecular complexity index is 612. The van der Waals surface area contributed by atoms with Crippen molar-refractivity contribution in [2.45, 2.75) is 110 Å². The van der Waals surface area contributed by atoms with Gasteiger partial charge in [0.15, 0.2) is 0 Å². The standard InChI is InChI=1S/C27H42O2/c1-4-6-8-21-9-16-25(17-10-21)29-27(28)24-14-12-23(13-15-24)26-18-11-22(7-5-2)19-20(26)3/h12-15,20-22,25-26H,4-11,16-19H2,1-3H3/t20-,21?,22?,25?,26-/m1/s1. The Labute approximate surface area is 178 Å². The molecule has 1 unspecified atom stereocenters. The molecule has 1 aromatic carbocycles. The Hall–Kier alpha value is -1.31. The monoisotopic (exact) mass is 398 g/mol. The van der Waals surface area contributed by atoms with Crippen LogP contribution in [0.15, 0.2) is 24.3 Å². The van der Waals surface area contributed by atoms with E-state index in [1.54, 1.807) is 0 Å². The zero-order valence-electron chi connectivity index (χ0n) is 19.0. The molecule has 2 saturated carbocycles. The van der Waals surface area contributed by atoms with Crippen LogP contribution in [0, 0.1) is 17.8 Å². The smallest absolute Gasteiger partial charge is 0.338 e. The van der Waals surface area contributed by atoms with Crippen LogP contribution < -0.4 is 0 Å². The highest BCUT2D eigenvalue weighted by Gasteiger charge is 2.28. The maximum Gasteiger partial charge on any atom is 0.338 e. The number of carbonyl (C=O) groups is 1. The zero-order valence-corrected chi connectivity index (χ0v) is 19.0. The number of hydrogen-bond donors (Lipinski definition) is 0. The average molecular weight is 399 g/mol. The van der Waals surface area contributed by atoms with Crippen LogP contribution in [-0.4, -0.2) is 12.1 Å². The number of unbranched alkanes of at least 4 members (excludes halogenated alkanes) is 1. The van der Waals surface area contributed by atoms with Gasteiger partial charge in [0.25, 0.3) is 0 Å². The minimum absolute atomic E-state index is 0.119. The third-order valence-corrected chi connectivity index (χ3v) is 7.58. The van der Waals surface area contributed by atoms with Gasteiger partial charge in [-0.2, -0.15) is 0 Å². The number of rotatable bonds is 8. The van der Waals surface area contributed by atoms with Crippen molar-refractivity contribution in [3.8, 4) is 0 Å². The van der Waals surface area contributed by atoms with E-state index in [-0.39, 0.29) is 12.1 Å². The first-order valence-electron chi connectivity index (χ1n) is 12.4. The fraction of sp³-hybridized carbons (Fsp3) is 0.741. The molecule has 2 fully saturated rings. The van der Waals surface area contributed by atoms with Gasteiger partial charge < -0.3 is 4.74 Å². The molecule has 1 aromatic rings. The van der Waals surface area contributed by atoms with E-state index in [4.69, 9.17) is 4.74 Å². The van der Waals surface area contributed by atoms with Gasteiger partial charge in [0.2, 0.25) is 0 Å². The zero-order chi connectivity index (χ0) is 20.6. The minimum Gasteiger partial charge on any atom is -0.459 e. The summed E-state index contributed by atoms with van der Waals surface area (Å²) in [5.74, 6) is 3.01. The van der Waals surface area contributed by atoms with Gasteiger partial charge in [-0.05, 0) is 86.3 Å². The Morgan fingerprint density at radius 2 is 1.59 bits per heavy atom. The number of benzene rings is 1. The van der Waals surface area contributed by atoms with Gasteiger partial charge in [0.1, 0.15) is 6.10 Å². The minimum atomic E-state index is -0.131. The lowest BCUT2D eigenvalue weighted by atomic mass is 9.71. The first-order valence-corrected chi connectivity index (χ1v) is 12.4. The quantitative estimate of drug-likeness (QED) is 0.416. The van der Waals surface area contributed by atoms with E-state index in [2.05, 4.69) is 32.9 Å². The summed E-state index contributed by atoms with van der Waals surface area (Å²) in [7, 11) is 0. The highest BCUT2D eigenvalue weighted by molar-refractivity contribution is 5.89. The van der Waals surface area contributed by atoms with E-state index >= 15 is 0 Å². The van der Waals surface area contributed by atoms with Crippen LogP contribution in [0.1, 0.15) is 120 Å². The predicted molar refractivity (Wildman–Crippen MR) is 121 cm³/mol. The average Bonchev–Trinajstić information content (AvgIpc) is 2.74. The maximum atomic E-state index is 12.6. The number of hydrogen-bond acceptors (Lipinski definition) is 2. The first kappa shape index (κ1) is 22.4. The summed E-state index contributed by atoms with van der Waals surface area (Å²) in [6.07, 6.45) is 15.3. The topological polar surface area (TPSA) is 26.3 Å². The summed E-state index contributed by atoms with van der Waals surface area (Å²) >= 11 is 0. The van der Waals surface area contributed by atoms with Crippen LogP contribution in [-0.2, 0) is 4.74 Å². The molecule has 0 bridgehead atoms. The van der Waals surface area contributed by atoms with Crippen molar-refractivity contribution in [1.82, 2.24) is 0 Å². The van der Waals surface area contributed by atoms with E-state index in [0.717, 1.165) is 30.6 Å². The van der Waals surface area contributed by atoms with E-state index in [1.807, 2.05) is 12.1 Å². The predicted octanol–water partition coefficient (Wildman–Crippen LogP) is 7.91. The third-order valence-electron chi connectivity index (χ3n) is 7.58. The summed E-state index contributed by atoms with van der Waals surface area (Å²) in [4.78, 5) is 12.6. The van der Waals surface area contributed by atoms with Crippen molar-refractivity contribution in [3.05, 3.63) is 35.4 Å². The molecule has 0 aliphatic heterocycles. The van der Waals surface area contributed by atoms with E-state index < -0.39 is 0 Å². The van der Waals surface area contributed by atoms with Gasteiger partial charge in [-0.3, -0.25) is 0 Å². The number of carbonyl (C=O) groups excluding carboxylic acids is 1. The summed E-state index contributed by atoms with van der Waals surface area (Å²) in [6, 6.07) is 8.35.